The van der Waals surface area contributed by atoms with Crippen LogP contribution in [0.15, 0.2) is 48.8 Å². The van der Waals surface area contributed by atoms with E-state index in [0.29, 0.717) is 31.4 Å². The first-order valence-electron chi connectivity index (χ1n) is 13.1. The molecule has 2 fully saturated rings. The SMILES string of the molecule is CCOC(=O)CN1CCN(c2cccc(-n3cnc4cc(C(=O)OCC5CCCN5C)ccc43)c2)CC1. The molecule has 0 aliphatic carbocycles. The van der Waals surface area contributed by atoms with E-state index in [1.54, 1.807) is 12.4 Å². The van der Waals surface area contributed by atoms with Crippen LogP contribution in [0.25, 0.3) is 16.7 Å². The summed E-state index contributed by atoms with van der Waals surface area (Å²) in [6, 6.07) is 14.2. The van der Waals surface area contributed by atoms with Gasteiger partial charge in [0.15, 0.2) is 0 Å². The number of piperazine rings is 1. The molecule has 9 nitrogen and oxygen atoms in total. The van der Waals surface area contributed by atoms with Gasteiger partial charge in [0.2, 0.25) is 0 Å². The van der Waals surface area contributed by atoms with E-state index < -0.39 is 0 Å². The van der Waals surface area contributed by atoms with Gasteiger partial charge in [0.25, 0.3) is 0 Å². The summed E-state index contributed by atoms with van der Waals surface area (Å²) in [6.07, 6.45) is 4.01. The third-order valence-corrected chi connectivity index (χ3v) is 7.36. The van der Waals surface area contributed by atoms with Crippen LogP contribution < -0.4 is 4.90 Å². The van der Waals surface area contributed by atoms with Gasteiger partial charge in [-0.2, -0.15) is 0 Å². The van der Waals surface area contributed by atoms with Gasteiger partial charge in [0.05, 0.1) is 29.7 Å². The number of anilines is 1. The maximum atomic E-state index is 12.7. The first kappa shape index (κ1) is 25.2. The molecule has 1 aromatic heterocycles. The van der Waals surface area contributed by atoms with Crippen molar-refractivity contribution < 1.29 is 19.1 Å². The largest absolute Gasteiger partial charge is 0.465 e. The van der Waals surface area contributed by atoms with Crippen LogP contribution in [0.2, 0.25) is 0 Å². The quantitative estimate of drug-likeness (QED) is 0.433. The third-order valence-electron chi connectivity index (χ3n) is 7.36. The van der Waals surface area contributed by atoms with Crippen molar-refractivity contribution in [3.63, 3.8) is 0 Å². The number of hydrogen-bond acceptors (Lipinski definition) is 8. The number of rotatable bonds is 8. The molecule has 0 bridgehead atoms. The molecule has 37 heavy (non-hydrogen) atoms. The summed E-state index contributed by atoms with van der Waals surface area (Å²) in [5, 5.41) is 0. The maximum absolute atomic E-state index is 12.7. The van der Waals surface area contributed by atoms with E-state index in [0.717, 1.165) is 68.0 Å². The number of benzene rings is 2. The Morgan fingerprint density at radius 3 is 2.57 bits per heavy atom. The van der Waals surface area contributed by atoms with Gasteiger partial charge in [0.1, 0.15) is 12.9 Å². The van der Waals surface area contributed by atoms with Crippen LogP contribution in [0.1, 0.15) is 30.1 Å². The number of aromatic nitrogens is 2. The van der Waals surface area contributed by atoms with Crippen molar-refractivity contribution in [1.29, 1.82) is 0 Å². The normalized spacial score (nSPS) is 18.9. The molecule has 9 heteroatoms. The van der Waals surface area contributed by atoms with Crippen LogP contribution in [0.3, 0.4) is 0 Å². The van der Waals surface area contributed by atoms with E-state index in [1.807, 2.05) is 29.7 Å². The smallest absolute Gasteiger partial charge is 0.338 e. The number of carbonyl (C=O) groups excluding carboxylic acids is 2. The highest BCUT2D eigenvalue weighted by atomic mass is 16.5. The van der Waals surface area contributed by atoms with Crippen LogP contribution in [-0.2, 0) is 14.3 Å². The van der Waals surface area contributed by atoms with Gasteiger partial charge in [-0.1, -0.05) is 6.07 Å². The summed E-state index contributed by atoms with van der Waals surface area (Å²) in [5.41, 5.74) is 4.35. The molecule has 2 aromatic carbocycles. The van der Waals surface area contributed by atoms with E-state index in [9.17, 15) is 9.59 Å². The Hall–Kier alpha value is -3.43. The second-order valence-electron chi connectivity index (χ2n) is 9.78. The maximum Gasteiger partial charge on any atom is 0.338 e. The monoisotopic (exact) mass is 505 g/mol. The Balaban J connectivity index is 1.24. The summed E-state index contributed by atoms with van der Waals surface area (Å²) in [4.78, 5) is 35.7. The number of esters is 2. The van der Waals surface area contributed by atoms with E-state index in [1.165, 1.54) is 0 Å². The summed E-state index contributed by atoms with van der Waals surface area (Å²) in [6.45, 7) is 7.37. The summed E-state index contributed by atoms with van der Waals surface area (Å²) < 4.78 is 12.7. The number of likely N-dealkylation sites (tertiary alicyclic amines) is 1. The molecule has 1 unspecified atom stereocenters. The highest BCUT2D eigenvalue weighted by molar-refractivity contribution is 5.94. The van der Waals surface area contributed by atoms with Crippen LogP contribution >= 0.6 is 0 Å². The molecule has 0 radical (unpaired) electrons. The van der Waals surface area contributed by atoms with Crippen LogP contribution in [0.5, 0.6) is 0 Å². The lowest BCUT2D eigenvalue weighted by molar-refractivity contribution is -0.144. The molecule has 2 aliphatic rings. The average molecular weight is 506 g/mol. The van der Waals surface area contributed by atoms with E-state index in [2.05, 4.69) is 44.9 Å². The third kappa shape index (κ3) is 5.78. The average Bonchev–Trinajstić information content (AvgIpc) is 3.53. The molecular weight excluding hydrogens is 470 g/mol. The minimum atomic E-state index is -0.305. The predicted octanol–water partition coefficient (Wildman–Crippen LogP) is 2.96. The number of likely N-dealkylation sites (N-methyl/N-ethyl adjacent to an activating group) is 1. The Bertz CT molecular complexity index is 1250. The van der Waals surface area contributed by atoms with Gasteiger partial charge in [-0.3, -0.25) is 14.3 Å². The Morgan fingerprint density at radius 1 is 1.00 bits per heavy atom. The molecular formula is C28H35N5O4. The Morgan fingerprint density at radius 2 is 1.81 bits per heavy atom. The first-order chi connectivity index (χ1) is 18.0. The molecule has 0 N–H and O–H groups in total. The number of hydrogen-bond donors (Lipinski definition) is 0. The van der Waals surface area contributed by atoms with Gasteiger partial charge < -0.3 is 19.3 Å². The molecule has 2 aliphatic heterocycles. The lowest BCUT2D eigenvalue weighted by Crippen LogP contribution is -2.48. The molecule has 0 spiro atoms. The first-order valence-corrected chi connectivity index (χ1v) is 13.1. The van der Waals surface area contributed by atoms with E-state index in [-0.39, 0.29) is 11.9 Å². The number of nitrogens with zero attached hydrogens (tertiary/aromatic N) is 5. The number of carbonyl (C=O) groups is 2. The molecule has 3 aromatic rings. The van der Waals surface area contributed by atoms with Crippen LogP contribution in [-0.4, -0.2) is 96.9 Å². The summed E-state index contributed by atoms with van der Waals surface area (Å²) in [5.74, 6) is -0.469. The lowest BCUT2D eigenvalue weighted by atomic mass is 10.2. The second-order valence-corrected chi connectivity index (χ2v) is 9.78. The van der Waals surface area contributed by atoms with Gasteiger partial charge >= 0.3 is 11.9 Å². The Kier molecular flexibility index (Phi) is 7.71. The number of imidazole rings is 1. The van der Waals surface area contributed by atoms with Crippen molar-refractivity contribution in [2.24, 2.45) is 0 Å². The zero-order valence-corrected chi connectivity index (χ0v) is 21.6. The van der Waals surface area contributed by atoms with Gasteiger partial charge in [-0.25, -0.2) is 9.78 Å². The topological polar surface area (TPSA) is 80.1 Å². The van der Waals surface area contributed by atoms with Crippen molar-refractivity contribution in [2.45, 2.75) is 25.8 Å². The molecule has 0 amide bonds. The molecule has 5 rings (SSSR count). The summed E-state index contributed by atoms with van der Waals surface area (Å²) in [7, 11) is 2.07. The molecule has 1 atom stereocenters. The van der Waals surface area contributed by atoms with Gasteiger partial charge in [-0.15, -0.1) is 0 Å². The van der Waals surface area contributed by atoms with E-state index >= 15 is 0 Å². The van der Waals surface area contributed by atoms with Crippen molar-refractivity contribution in [3.8, 4) is 5.69 Å². The number of fused-ring (bicyclic) bond motifs is 1. The summed E-state index contributed by atoms with van der Waals surface area (Å²) >= 11 is 0. The predicted molar refractivity (Wildman–Crippen MR) is 142 cm³/mol. The molecule has 196 valence electrons. The zero-order chi connectivity index (χ0) is 25.8. The van der Waals surface area contributed by atoms with Crippen LogP contribution in [0.4, 0.5) is 5.69 Å². The minimum absolute atomic E-state index is 0.164. The Labute approximate surface area is 217 Å². The fourth-order valence-electron chi connectivity index (χ4n) is 5.18. The van der Waals surface area contributed by atoms with Gasteiger partial charge in [-0.05, 0) is 69.8 Å². The van der Waals surface area contributed by atoms with Gasteiger partial charge in [0, 0.05) is 43.6 Å². The minimum Gasteiger partial charge on any atom is -0.465 e. The number of ether oxygens (including phenoxy) is 2. The standard InChI is InChI=1S/C28H35N5O4/c1-3-36-27(34)18-31-12-14-32(15-13-31)22-6-4-7-23(17-22)33-20-29-25-16-21(9-10-26(25)33)28(35)37-19-24-8-5-11-30(24)2/h4,6-7,9-10,16-17,20,24H,3,5,8,11-15,18-19H2,1-2H3. The highest BCUT2D eigenvalue weighted by Crippen LogP contribution is 2.25. The molecule has 3 heterocycles. The fourth-order valence-corrected chi connectivity index (χ4v) is 5.18. The lowest BCUT2D eigenvalue weighted by Gasteiger charge is -2.35. The second kappa shape index (κ2) is 11.3. The van der Waals surface area contributed by atoms with Crippen LogP contribution in [0, 0.1) is 0 Å². The fraction of sp³-hybridized carbons (Fsp3) is 0.464. The van der Waals surface area contributed by atoms with Crippen molar-refractivity contribution in [3.05, 3.63) is 54.4 Å². The zero-order valence-electron chi connectivity index (χ0n) is 21.6. The van der Waals surface area contributed by atoms with Crippen molar-refractivity contribution in [2.75, 3.05) is 64.4 Å². The van der Waals surface area contributed by atoms with E-state index in [4.69, 9.17) is 9.47 Å². The van der Waals surface area contributed by atoms with Crippen molar-refractivity contribution >= 4 is 28.7 Å². The van der Waals surface area contributed by atoms with Crippen molar-refractivity contribution in [1.82, 2.24) is 19.4 Å². The molecule has 2 saturated heterocycles. The highest BCUT2D eigenvalue weighted by Gasteiger charge is 2.23. The molecule has 0 saturated carbocycles.